The van der Waals surface area contributed by atoms with Gasteiger partial charge in [0.05, 0.1) is 18.1 Å². The molecule has 3 aromatic rings. The van der Waals surface area contributed by atoms with E-state index >= 15 is 0 Å². The summed E-state index contributed by atoms with van der Waals surface area (Å²) in [5, 5.41) is 2.77. The fourth-order valence-corrected chi connectivity index (χ4v) is 2.81. The topological polar surface area (TPSA) is 84.1 Å². The van der Waals surface area contributed by atoms with E-state index < -0.39 is 12.0 Å². The number of para-hydroxylation sites is 2. The molecule has 0 radical (unpaired) electrons. The van der Waals surface area contributed by atoms with Crippen LogP contribution < -0.4 is 5.32 Å². The van der Waals surface area contributed by atoms with Crippen LogP contribution in [0.3, 0.4) is 0 Å². The highest BCUT2D eigenvalue weighted by atomic mass is 16.5. The molecule has 0 aliphatic carbocycles. The van der Waals surface area contributed by atoms with E-state index in [1.807, 2.05) is 54.6 Å². The van der Waals surface area contributed by atoms with Crippen LogP contribution in [-0.4, -0.2) is 35.0 Å². The van der Waals surface area contributed by atoms with Gasteiger partial charge in [-0.25, -0.2) is 9.78 Å². The van der Waals surface area contributed by atoms with E-state index in [1.54, 1.807) is 0 Å². The first kappa shape index (κ1) is 17.7. The van der Waals surface area contributed by atoms with Gasteiger partial charge >= 0.3 is 5.97 Å². The zero-order chi connectivity index (χ0) is 18.4. The highest BCUT2D eigenvalue weighted by Crippen LogP contribution is 2.11. The van der Waals surface area contributed by atoms with Gasteiger partial charge in [-0.1, -0.05) is 42.5 Å². The van der Waals surface area contributed by atoms with Gasteiger partial charge < -0.3 is 15.0 Å². The lowest BCUT2D eigenvalue weighted by Crippen LogP contribution is -2.43. The highest BCUT2D eigenvalue weighted by Gasteiger charge is 2.22. The second-order valence-electron chi connectivity index (χ2n) is 6.03. The highest BCUT2D eigenvalue weighted by molar-refractivity contribution is 5.84. The lowest BCUT2D eigenvalue weighted by Gasteiger charge is -2.16. The molecule has 6 heteroatoms. The molecule has 2 N–H and O–H groups in total. The molecular weight excluding hydrogens is 330 g/mol. The zero-order valence-electron chi connectivity index (χ0n) is 14.6. The first-order valence-corrected chi connectivity index (χ1v) is 8.50. The number of benzene rings is 2. The zero-order valence-corrected chi connectivity index (χ0v) is 14.6. The van der Waals surface area contributed by atoms with E-state index in [9.17, 15) is 9.59 Å². The molecule has 0 unspecified atom stereocenters. The molecular formula is C20H21N3O3. The van der Waals surface area contributed by atoms with E-state index in [4.69, 9.17) is 4.74 Å². The predicted octanol–water partition coefficient (Wildman–Crippen LogP) is 2.40. The first-order chi connectivity index (χ1) is 12.7. The summed E-state index contributed by atoms with van der Waals surface area (Å²) in [6, 6.07) is 16.5. The van der Waals surface area contributed by atoms with E-state index in [-0.39, 0.29) is 12.3 Å². The van der Waals surface area contributed by atoms with Crippen molar-refractivity contribution in [2.45, 2.75) is 25.3 Å². The normalized spacial score (nSPS) is 11.9. The number of H-pyrrole nitrogens is 1. The third-order valence-electron chi connectivity index (χ3n) is 4.13. The summed E-state index contributed by atoms with van der Waals surface area (Å²) in [5.41, 5.74) is 2.78. The van der Waals surface area contributed by atoms with Crippen LogP contribution in [0.5, 0.6) is 0 Å². The van der Waals surface area contributed by atoms with Gasteiger partial charge in [0.1, 0.15) is 11.9 Å². The van der Waals surface area contributed by atoms with Crippen LogP contribution >= 0.6 is 0 Å². The summed E-state index contributed by atoms with van der Waals surface area (Å²) >= 11 is 0. The van der Waals surface area contributed by atoms with Gasteiger partial charge in [0.25, 0.3) is 0 Å². The standard InChI is InChI=1S/C20H21N3O3/c1-26-20(25)17(13-14-7-3-2-4-8-14)23-19(24)12-11-18-21-15-9-5-6-10-16(15)22-18/h2-10,17H,11-13H2,1H3,(H,21,22)(H,23,24)/t17-/m1/s1. The van der Waals surface area contributed by atoms with E-state index in [0.29, 0.717) is 12.8 Å². The number of carbonyl (C=O) groups is 2. The Morgan fingerprint density at radius 2 is 1.85 bits per heavy atom. The number of ether oxygens (including phenoxy) is 1. The molecule has 1 amide bonds. The summed E-state index contributed by atoms with van der Waals surface area (Å²) in [5.74, 6) is 0.0850. The number of nitrogens with one attached hydrogen (secondary N) is 2. The van der Waals surface area contributed by atoms with Crippen LogP contribution in [0, 0.1) is 0 Å². The molecule has 1 atom stereocenters. The molecule has 26 heavy (non-hydrogen) atoms. The maximum Gasteiger partial charge on any atom is 0.328 e. The molecule has 0 spiro atoms. The molecule has 0 aliphatic rings. The number of amides is 1. The van der Waals surface area contributed by atoms with E-state index in [0.717, 1.165) is 22.4 Å². The molecule has 1 heterocycles. The van der Waals surface area contributed by atoms with Crippen LogP contribution in [0.2, 0.25) is 0 Å². The van der Waals surface area contributed by atoms with Crippen LogP contribution in [-0.2, 0) is 27.2 Å². The number of methoxy groups -OCH3 is 1. The number of nitrogens with zero attached hydrogens (tertiary/aromatic N) is 1. The Bertz CT molecular complexity index is 856. The van der Waals surface area contributed by atoms with Crippen molar-refractivity contribution in [2.24, 2.45) is 0 Å². The van der Waals surface area contributed by atoms with Crippen molar-refractivity contribution in [1.82, 2.24) is 15.3 Å². The smallest absolute Gasteiger partial charge is 0.328 e. The molecule has 2 aromatic carbocycles. The van der Waals surface area contributed by atoms with Gasteiger partial charge in [0.15, 0.2) is 0 Å². The number of esters is 1. The van der Waals surface area contributed by atoms with Crippen molar-refractivity contribution < 1.29 is 14.3 Å². The Balaban J connectivity index is 1.59. The molecule has 0 bridgehead atoms. The number of hydrogen-bond donors (Lipinski definition) is 2. The molecule has 0 saturated heterocycles. The lowest BCUT2D eigenvalue weighted by molar-refractivity contribution is -0.145. The quantitative estimate of drug-likeness (QED) is 0.640. The number of hydrogen-bond acceptors (Lipinski definition) is 4. The molecule has 3 rings (SSSR count). The van der Waals surface area contributed by atoms with Crippen LogP contribution in [0.25, 0.3) is 11.0 Å². The summed E-state index contributed by atoms with van der Waals surface area (Å²) in [4.78, 5) is 31.9. The SMILES string of the molecule is COC(=O)[C@@H](Cc1ccccc1)NC(=O)CCc1nc2ccccc2[nH]1. The molecule has 6 nitrogen and oxygen atoms in total. The third-order valence-corrected chi connectivity index (χ3v) is 4.13. The molecule has 0 saturated carbocycles. The van der Waals surface area contributed by atoms with Crippen molar-refractivity contribution in [1.29, 1.82) is 0 Å². The largest absolute Gasteiger partial charge is 0.467 e. The van der Waals surface area contributed by atoms with Gasteiger partial charge in [-0.2, -0.15) is 0 Å². The van der Waals surface area contributed by atoms with Crippen molar-refractivity contribution in [3.63, 3.8) is 0 Å². The summed E-state index contributed by atoms with van der Waals surface area (Å²) < 4.78 is 4.82. The number of aryl methyl sites for hydroxylation is 1. The van der Waals surface area contributed by atoms with E-state index in [1.165, 1.54) is 7.11 Å². The number of fused-ring (bicyclic) bond motifs is 1. The Morgan fingerprint density at radius 1 is 1.12 bits per heavy atom. The van der Waals surface area contributed by atoms with Gasteiger partial charge in [-0.05, 0) is 17.7 Å². The average molecular weight is 351 g/mol. The summed E-state index contributed by atoms with van der Waals surface area (Å²) in [6.07, 6.45) is 1.10. The van der Waals surface area contributed by atoms with Gasteiger partial charge in [-0.3, -0.25) is 4.79 Å². The molecule has 0 aliphatic heterocycles. The lowest BCUT2D eigenvalue weighted by atomic mass is 10.1. The first-order valence-electron chi connectivity index (χ1n) is 8.50. The number of carbonyl (C=O) groups excluding carboxylic acids is 2. The second-order valence-corrected chi connectivity index (χ2v) is 6.03. The number of imidazole rings is 1. The summed E-state index contributed by atoms with van der Waals surface area (Å²) in [6.45, 7) is 0. The minimum Gasteiger partial charge on any atom is -0.467 e. The van der Waals surface area contributed by atoms with Crippen LogP contribution in [0.4, 0.5) is 0 Å². The third kappa shape index (κ3) is 4.47. The van der Waals surface area contributed by atoms with Crippen LogP contribution in [0.1, 0.15) is 17.8 Å². The van der Waals surface area contributed by atoms with Crippen LogP contribution in [0.15, 0.2) is 54.6 Å². The number of aromatic amines is 1. The average Bonchev–Trinajstić information content (AvgIpc) is 3.09. The van der Waals surface area contributed by atoms with Crippen molar-refractivity contribution in [3.8, 4) is 0 Å². The Hall–Kier alpha value is -3.15. The fraction of sp³-hybridized carbons (Fsp3) is 0.250. The Kier molecular flexibility index (Phi) is 5.63. The Labute approximate surface area is 151 Å². The molecule has 1 aromatic heterocycles. The van der Waals surface area contributed by atoms with E-state index in [2.05, 4.69) is 15.3 Å². The molecule has 134 valence electrons. The summed E-state index contributed by atoms with van der Waals surface area (Å²) in [7, 11) is 1.32. The minimum absolute atomic E-state index is 0.211. The fourth-order valence-electron chi connectivity index (χ4n) is 2.81. The predicted molar refractivity (Wildman–Crippen MR) is 98.5 cm³/mol. The number of rotatable bonds is 7. The second kappa shape index (κ2) is 8.29. The maximum absolute atomic E-state index is 12.3. The van der Waals surface area contributed by atoms with Gasteiger partial charge in [0.2, 0.25) is 5.91 Å². The minimum atomic E-state index is -0.703. The van der Waals surface area contributed by atoms with Gasteiger partial charge in [0, 0.05) is 19.3 Å². The van der Waals surface area contributed by atoms with Crippen molar-refractivity contribution in [2.75, 3.05) is 7.11 Å². The van der Waals surface area contributed by atoms with Crippen molar-refractivity contribution >= 4 is 22.9 Å². The monoisotopic (exact) mass is 351 g/mol. The molecule has 0 fully saturated rings. The van der Waals surface area contributed by atoms with Gasteiger partial charge in [-0.15, -0.1) is 0 Å². The number of aromatic nitrogens is 2. The Morgan fingerprint density at radius 3 is 2.58 bits per heavy atom. The van der Waals surface area contributed by atoms with Crippen molar-refractivity contribution in [3.05, 3.63) is 66.0 Å². The maximum atomic E-state index is 12.3.